The summed E-state index contributed by atoms with van der Waals surface area (Å²) in [7, 11) is -3.50. The van der Waals surface area contributed by atoms with E-state index in [0.717, 1.165) is 25.7 Å². The minimum atomic E-state index is -3.50. The van der Waals surface area contributed by atoms with Gasteiger partial charge in [0.2, 0.25) is 10.0 Å². The second-order valence-corrected chi connectivity index (χ2v) is 7.17. The monoisotopic (exact) mass is 298 g/mol. The summed E-state index contributed by atoms with van der Waals surface area (Å²) in [6.07, 6.45) is 6.44. The van der Waals surface area contributed by atoms with Gasteiger partial charge in [0, 0.05) is 12.2 Å². The molecule has 0 aliphatic heterocycles. The number of aromatic nitrogens is 1. The summed E-state index contributed by atoms with van der Waals surface area (Å²) >= 11 is 0. The van der Waals surface area contributed by atoms with Crippen molar-refractivity contribution in [3.8, 4) is 0 Å². The highest BCUT2D eigenvalue weighted by Gasteiger charge is 2.22. The maximum atomic E-state index is 12.3. The van der Waals surface area contributed by atoms with Crippen LogP contribution in [0.25, 0.3) is 0 Å². The molecule has 1 aromatic rings. The Kier molecular flexibility index (Phi) is 4.95. The SMILES string of the molecule is CC1CCCC(NS(=O)(=O)c2ccc(NN)nc2)CC1. The molecule has 0 saturated heterocycles. The second-order valence-electron chi connectivity index (χ2n) is 5.46. The number of pyridine rings is 1. The van der Waals surface area contributed by atoms with Crippen LogP contribution in [0.5, 0.6) is 0 Å². The molecule has 1 aliphatic carbocycles. The summed E-state index contributed by atoms with van der Waals surface area (Å²) in [4.78, 5) is 4.11. The van der Waals surface area contributed by atoms with Gasteiger partial charge in [0.25, 0.3) is 0 Å². The number of anilines is 1. The molecule has 0 bridgehead atoms. The first-order valence-electron chi connectivity index (χ1n) is 6.96. The van der Waals surface area contributed by atoms with Crippen molar-refractivity contribution >= 4 is 15.8 Å². The Morgan fingerprint density at radius 3 is 2.70 bits per heavy atom. The molecule has 0 radical (unpaired) electrons. The first-order valence-corrected chi connectivity index (χ1v) is 8.44. The number of sulfonamides is 1. The molecule has 112 valence electrons. The number of nitrogens with one attached hydrogen (secondary N) is 2. The molecule has 1 aromatic heterocycles. The lowest BCUT2D eigenvalue weighted by atomic mass is 10.0. The van der Waals surface area contributed by atoms with Crippen molar-refractivity contribution in [1.82, 2.24) is 9.71 Å². The third-order valence-electron chi connectivity index (χ3n) is 3.77. The highest BCUT2D eigenvalue weighted by atomic mass is 32.2. The van der Waals surface area contributed by atoms with Crippen molar-refractivity contribution in [2.75, 3.05) is 5.43 Å². The third kappa shape index (κ3) is 3.91. The lowest BCUT2D eigenvalue weighted by Gasteiger charge is -2.16. The van der Waals surface area contributed by atoms with E-state index >= 15 is 0 Å². The molecule has 7 heteroatoms. The van der Waals surface area contributed by atoms with Crippen molar-refractivity contribution in [2.24, 2.45) is 11.8 Å². The number of nitrogens with zero attached hydrogens (tertiary/aromatic N) is 1. The number of hydrogen-bond donors (Lipinski definition) is 3. The molecule has 4 N–H and O–H groups in total. The van der Waals surface area contributed by atoms with Crippen molar-refractivity contribution < 1.29 is 8.42 Å². The fourth-order valence-electron chi connectivity index (χ4n) is 2.52. The van der Waals surface area contributed by atoms with Crippen molar-refractivity contribution in [2.45, 2.75) is 50.0 Å². The maximum Gasteiger partial charge on any atom is 0.242 e. The van der Waals surface area contributed by atoms with Gasteiger partial charge in [0.05, 0.1) is 0 Å². The van der Waals surface area contributed by atoms with E-state index in [2.05, 4.69) is 22.1 Å². The van der Waals surface area contributed by atoms with Gasteiger partial charge >= 0.3 is 0 Å². The van der Waals surface area contributed by atoms with Gasteiger partial charge in [-0.15, -0.1) is 0 Å². The van der Waals surface area contributed by atoms with Gasteiger partial charge < -0.3 is 5.43 Å². The summed E-state index contributed by atoms with van der Waals surface area (Å²) < 4.78 is 27.4. The van der Waals surface area contributed by atoms with Crippen molar-refractivity contribution in [1.29, 1.82) is 0 Å². The zero-order valence-electron chi connectivity index (χ0n) is 11.7. The molecule has 1 heterocycles. The predicted molar refractivity (Wildman–Crippen MR) is 78.4 cm³/mol. The fraction of sp³-hybridized carbons (Fsp3) is 0.615. The van der Waals surface area contributed by atoms with Crippen LogP contribution in [0.4, 0.5) is 5.82 Å². The number of nitrogens with two attached hydrogens (primary N) is 1. The quantitative estimate of drug-likeness (QED) is 0.446. The second kappa shape index (κ2) is 6.51. The third-order valence-corrected chi connectivity index (χ3v) is 5.28. The van der Waals surface area contributed by atoms with E-state index < -0.39 is 10.0 Å². The minimum absolute atomic E-state index is 0.0252. The van der Waals surface area contributed by atoms with Gasteiger partial charge in [0.15, 0.2) is 0 Å². The Hall–Kier alpha value is -1.18. The molecular weight excluding hydrogens is 276 g/mol. The average Bonchev–Trinajstić information content (AvgIpc) is 2.63. The zero-order chi connectivity index (χ0) is 14.6. The van der Waals surface area contributed by atoms with E-state index in [0.29, 0.717) is 11.7 Å². The van der Waals surface area contributed by atoms with Gasteiger partial charge in [0.1, 0.15) is 10.7 Å². The standard InChI is InChI=1S/C13H22N4O2S/c1-10-3-2-4-11(6-5-10)17-20(18,19)12-7-8-13(16-14)15-9-12/h7-11,17H,2-6,14H2,1H3,(H,15,16). The molecule has 2 atom stereocenters. The van der Waals surface area contributed by atoms with Gasteiger partial charge in [-0.05, 0) is 37.3 Å². The van der Waals surface area contributed by atoms with E-state index in [1.54, 1.807) is 6.07 Å². The number of hydrogen-bond acceptors (Lipinski definition) is 5. The van der Waals surface area contributed by atoms with Crippen LogP contribution in [-0.4, -0.2) is 19.4 Å². The summed E-state index contributed by atoms with van der Waals surface area (Å²) in [5.74, 6) is 6.33. The summed E-state index contributed by atoms with van der Waals surface area (Å²) in [5.41, 5.74) is 2.37. The van der Waals surface area contributed by atoms with Crippen LogP contribution < -0.4 is 16.0 Å². The first-order chi connectivity index (χ1) is 9.51. The topological polar surface area (TPSA) is 97.1 Å². The molecule has 6 nitrogen and oxygen atoms in total. The molecule has 2 rings (SSSR count). The van der Waals surface area contributed by atoms with Crippen molar-refractivity contribution in [3.05, 3.63) is 18.3 Å². The molecule has 2 unspecified atom stereocenters. The number of rotatable bonds is 4. The Bertz CT molecular complexity index is 530. The van der Waals surface area contributed by atoms with Gasteiger partial charge in [-0.3, -0.25) is 0 Å². The lowest BCUT2D eigenvalue weighted by Crippen LogP contribution is -2.34. The summed E-state index contributed by atoms with van der Waals surface area (Å²) in [6.45, 7) is 2.22. The number of hydrazine groups is 1. The van der Waals surface area contributed by atoms with Crippen LogP contribution in [0, 0.1) is 5.92 Å². The largest absolute Gasteiger partial charge is 0.308 e. The Balaban J connectivity index is 2.05. The Morgan fingerprint density at radius 1 is 1.25 bits per heavy atom. The Labute approximate surface area is 120 Å². The Morgan fingerprint density at radius 2 is 2.05 bits per heavy atom. The molecule has 0 aromatic carbocycles. The van der Waals surface area contributed by atoms with Crippen LogP contribution in [0.1, 0.15) is 39.0 Å². The van der Waals surface area contributed by atoms with Crippen LogP contribution >= 0.6 is 0 Å². The normalized spacial score (nSPS) is 24.1. The summed E-state index contributed by atoms with van der Waals surface area (Å²) in [5, 5.41) is 0. The van der Waals surface area contributed by atoms with E-state index in [-0.39, 0.29) is 10.9 Å². The highest BCUT2D eigenvalue weighted by molar-refractivity contribution is 7.89. The summed E-state index contributed by atoms with van der Waals surface area (Å²) in [6, 6.07) is 3.07. The molecular formula is C13H22N4O2S. The molecule has 20 heavy (non-hydrogen) atoms. The lowest BCUT2D eigenvalue weighted by molar-refractivity contribution is 0.484. The minimum Gasteiger partial charge on any atom is -0.308 e. The zero-order valence-corrected chi connectivity index (χ0v) is 12.5. The first kappa shape index (κ1) is 15.2. The average molecular weight is 298 g/mol. The molecule has 1 saturated carbocycles. The molecule has 1 aliphatic rings. The highest BCUT2D eigenvalue weighted by Crippen LogP contribution is 2.23. The maximum absolute atomic E-state index is 12.3. The smallest absolute Gasteiger partial charge is 0.242 e. The van der Waals surface area contributed by atoms with Crippen LogP contribution in [0.2, 0.25) is 0 Å². The fourth-order valence-corrected chi connectivity index (χ4v) is 3.77. The van der Waals surface area contributed by atoms with Gasteiger partial charge in [-0.25, -0.2) is 24.0 Å². The van der Waals surface area contributed by atoms with Gasteiger partial charge in [-0.2, -0.15) is 0 Å². The van der Waals surface area contributed by atoms with E-state index in [9.17, 15) is 8.42 Å². The van der Waals surface area contributed by atoms with E-state index in [1.807, 2.05) is 0 Å². The van der Waals surface area contributed by atoms with Crippen LogP contribution in [-0.2, 0) is 10.0 Å². The van der Waals surface area contributed by atoms with E-state index in [1.165, 1.54) is 18.7 Å². The van der Waals surface area contributed by atoms with Crippen molar-refractivity contribution in [3.63, 3.8) is 0 Å². The van der Waals surface area contributed by atoms with E-state index in [4.69, 9.17) is 5.84 Å². The molecule has 0 spiro atoms. The molecule has 0 amide bonds. The molecule has 1 fully saturated rings. The van der Waals surface area contributed by atoms with Gasteiger partial charge in [-0.1, -0.05) is 19.8 Å². The van der Waals surface area contributed by atoms with Crippen LogP contribution in [0.15, 0.2) is 23.2 Å². The predicted octanol–water partition coefficient (Wildman–Crippen LogP) is 1.61. The van der Waals surface area contributed by atoms with Crippen LogP contribution in [0.3, 0.4) is 0 Å². The number of nitrogen functional groups attached to an aromatic ring is 1.